The van der Waals surface area contributed by atoms with Crippen molar-refractivity contribution < 1.29 is 7.65 Å². The fourth-order valence-electron chi connectivity index (χ4n) is 0.236. The Morgan fingerprint density at radius 1 is 1.88 bits per heavy atom. The first-order valence-electron chi connectivity index (χ1n) is 2.32. The van der Waals surface area contributed by atoms with E-state index in [-0.39, 0.29) is 15.3 Å². The Labute approximate surface area is 51.6 Å². The van der Waals surface area contributed by atoms with Gasteiger partial charge in [-0.3, -0.25) is 9.80 Å². The van der Waals surface area contributed by atoms with E-state index in [9.17, 15) is 4.79 Å². The molecular formula is C4H13N3O+2. The number of amides is 1. The number of rotatable bonds is 3. The van der Waals surface area contributed by atoms with Gasteiger partial charge in [-0.25, -0.2) is 5.43 Å². The van der Waals surface area contributed by atoms with E-state index in [0.29, 0.717) is 0 Å². The van der Waals surface area contributed by atoms with E-state index in [2.05, 4.69) is 5.43 Å². The van der Waals surface area contributed by atoms with E-state index >= 15 is 0 Å². The number of hydrogen-bond donors (Lipinski definition) is 2. The zero-order valence-corrected chi connectivity index (χ0v) is 5.14. The molecule has 0 saturated carbocycles. The van der Waals surface area contributed by atoms with Gasteiger partial charge < -0.3 is 5.73 Å². The monoisotopic (exact) mass is 119 g/mol. The van der Waals surface area contributed by atoms with Gasteiger partial charge in [0.15, 0.2) is 0 Å². The number of carbonyl (C=O) groups is 1. The number of hydrogen-bond acceptors (Lipinski definition) is 3. The van der Waals surface area contributed by atoms with Crippen LogP contribution in [0.1, 0.15) is 2.85 Å². The average Bonchev–Trinajstić information content (AvgIpc) is 1.61. The molecule has 0 aliphatic rings. The molecule has 0 radical (unpaired) electrons. The van der Waals surface area contributed by atoms with E-state index in [4.69, 9.17) is 5.73 Å². The zero-order valence-electron chi connectivity index (χ0n) is 7.14. The molecule has 0 aliphatic heterocycles. The highest BCUT2D eigenvalue weighted by Crippen LogP contribution is 1.59. The highest BCUT2D eigenvalue weighted by molar-refractivity contribution is 5.75. The Morgan fingerprint density at radius 2 is 2.38 bits per heavy atom. The SMILES string of the molecule is CN(C)NCC(N)=O.[H+].[H+]. The molecule has 0 aromatic rings. The molecule has 0 atom stereocenters. The maximum absolute atomic E-state index is 10.0. The van der Waals surface area contributed by atoms with Crippen LogP contribution in [0.15, 0.2) is 0 Å². The van der Waals surface area contributed by atoms with E-state index in [1.807, 2.05) is 0 Å². The van der Waals surface area contributed by atoms with Gasteiger partial charge in [0, 0.05) is 14.1 Å². The largest absolute Gasteiger partial charge is 1.00 e. The van der Waals surface area contributed by atoms with Crippen LogP contribution in [-0.4, -0.2) is 31.6 Å². The number of carbonyl (C=O) groups excluding carboxylic acids is 1. The summed E-state index contributed by atoms with van der Waals surface area (Å²) in [7, 11) is 3.59. The summed E-state index contributed by atoms with van der Waals surface area (Å²) in [5.41, 5.74) is 7.52. The van der Waals surface area contributed by atoms with E-state index in [1.165, 1.54) is 0 Å². The molecule has 48 valence electrons. The molecule has 3 N–H and O–H groups in total. The third kappa shape index (κ3) is 5.39. The molecule has 0 aliphatic carbocycles. The number of nitrogens with zero attached hydrogens (tertiary/aromatic N) is 1. The first kappa shape index (κ1) is 7.39. The van der Waals surface area contributed by atoms with Crippen molar-refractivity contribution >= 4 is 5.91 Å². The second-order valence-electron chi connectivity index (χ2n) is 1.70. The molecule has 0 heterocycles. The van der Waals surface area contributed by atoms with Crippen LogP contribution < -0.4 is 11.2 Å². The fourth-order valence-corrected chi connectivity index (χ4v) is 0.236. The van der Waals surface area contributed by atoms with Gasteiger partial charge in [0.25, 0.3) is 0 Å². The predicted molar refractivity (Wildman–Crippen MR) is 33.1 cm³/mol. The van der Waals surface area contributed by atoms with Crippen LogP contribution >= 0.6 is 0 Å². The molecule has 0 fully saturated rings. The number of primary amides is 1. The number of nitrogens with one attached hydrogen (secondary N) is 1. The lowest BCUT2D eigenvalue weighted by molar-refractivity contribution is -0.117. The van der Waals surface area contributed by atoms with Crippen molar-refractivity contribution in [1.82, 2.24) is 10.4 Å². The van der Waals surface area contributed by atoms with Crippen molar-refractivity contribution in [2.24, 2.45) is 5.73 Å². The molecule has 4 heteroatoms. The Morgan fingerprint density at radius 3 is 2.50 bits per heavy atom. The molecular weight excluding hydrogens is 106 g/mol. The maximum atomic E-state index is 10.0. The fraction of sp³-hybridized carbons (Fsp3) is 0.750. The maximum Gasteiger partial charge on any atom is 1.00 e. The van der Waals surface area contributed by atoms with E-state index in [1.54, 1.807) is 19.1 Å². The van der Waals surface area contributed by atoms with E-state index < -0.39 is 0 Å². The van der Waals surface area contributed by atoms with Crippen LogP contribution in [-0.2, 0) is 4.79 Å². The standard InChI is InChI=1S/C4H11N3O/c1-7(2)6-3-4(5)8/h6H,3H2,1-2H3,(H2,5,8)/p+2. The quantitative estimate of drug-likeness (QED) is 0.457. The number of nitrogens with two attached hydrogens (primary N) is 1. The third-order valence-corrected chi connectivity index (χ3v) is 0.570. The van der Waals surface area contributed by atoms with Crippen molar-refractivity contribution in [3.05, 3.63) is 0 Å². The lowest BCUT2D eigenvalue weighted by atomic mass is 10.6. The molecule has 0 unspecified atom stereocenters. The molecule has 0 saturated heterocycles. The van der Waals surface area contributed by atoms with Crippen molar-refractivity contribution in [2.75, 3.05) is 20.6 Å². The minimum absolute atomic E-state index is 0. The Kier molecular flexibility index (Phi) is 3.14. The van der Waals surface area contributed by atoms with Crippen molar-refractivity contribution in [3.8, 4) is 0 Å². The summed E-state index contributed by atoms with van der Waals surface area (Å²) in [6.45, 7) is 0.201. The summed E-state index contributed by atoms with van der Waals surface area (Å²) in [6.07, 6.45) is 0. The molecule has 4 nitrogen and oxygen atoms in total. The highest BCUT2D eigenvalue weighted by Gasteiger charge is 1.90. The molecule has 8 heavy (non-hydrogen) atoms. The van der Waals surface area contributed by atoms with Crippen LogP contribution in [0.2, 0.25) is 0 Å². The highest BCUT2D eigenvalue weighted by atomic mass is 16.1. The lowest BCUT2D eigenvalue weighted by Crippen LogP contribution is -2.37. The van der Waals surface area contributed by atoms with Gasteiger partial charge in [-0.1, -0.05) is 0 Å². The third-order valence-electron chi connectivity index (χ3n) is 0.570. The Hall–Kier alpha value is -0.610. The predicted octanol–water partition coefficient (Wildman–Crippen LogP) is -1.24. The van der Waals surface area contributed by atoms with Gasteiger partial charge in [-0.15, -0.1) is 0 Å². The number of hydrazine groups is 1. The van der Waals surface area contributed by atoms with Crippen molar-refractivity contribution in [1.29, 1.82) is 0 Å². The smallest absolute Gasteiger partial charge is 0.369 e. The first-order chi connectivity index (χ1) is 3.63. The normalized spacial score (nSPS) is 9.88. The van der Waals surface area contributed by atoms with Crippen LogP contribution in [0.25, 0.3) is 0 Å². The van der Waals surface area contributed by atoms with Crippen LogP contribution in [0.3, 0.4) is 0 Å². The average molecular weight is 119 g/mol. The van der Waals surface area contributed by atoms with Crippen LogP contribution in [0, 0.1) is 0 Å². The minimum atomic E-state index is -0.348. The summed E-state index contributed by atoms with van der Waals surface area (Å²) < 4.78 is 0. The Balaban J connectivity index is -0.000000245. The molecule has 0 bridgehead atoms. The van der Waals surface area contributed by atoms with Gasteiger partial charge in [-0.05, 0) is 0 Å². The molecule has 0 aromatic heterocycles. The summed E-state index contributed by atoms with van der Waals surface area (Å²) in [6, 6.07) is 0. The Bertz CT molecular complexity index is 88.6. The van der Waals surface area contributed by atoms with E-state index in [0.717, 1.165) is 0 Å². The van der Waals surface area contributed by atoms with Crippen LogP contribution in [0.4, 0.5) is 0 Å². The topological polar surface area (TPSA) is 58.4 Å². The van der Waals surface area contributed by atoms with Gasteiger partial charge in [0.1, 0.15) is 0 Å². The summed E-state index contributed by atoms with van der Waals surface area (Å²) in [4.78, 5) is 10.0. The van der Waals surface area contributed by atoms with Gasteiger partial charge in [0.2, 0.25) is 5.91 Å². The summed E-state index contributed by atoms with van der Waals surface area (Å²) in [5.74, 6) is -0.348. The summed E-state index contributed by atoms with van der Waals surface area (Å²) >= 11 is 0. The minimum Gasteiger partial charge on any atom is -0.369 e. The second kappa shape index (κ2) is 3.40. The van der Waals surface area contributed by atoms with Crippen molar-refractivity contribution in [3.63, 3.8) is 0 Å². The van der Waals surface area contributed by atoms with Crippen LogP contribution in [0.5, 0.6) is 0 Å². The second-order valence-corrected chi connectivity index (χ2v) is 1.70. The van der Waals surface area contributed by atoms with Gasteiger partial charge in [0.05, 0.1) is 6.54 Å². The van der Waals surface area contributed by atoms with Gasteiger partial charge in [-0.2, -0.15) is 0 Å². The summed E-state index contributed by atoms with van der Waals surface area (Å²) in [5, 5.41) is 1.67. The van der Waals surface area contributed by atoms with Gasteiger partial charge >= 0.3 is 2.85 Å². The van der Waals surface area contributed by atoms with Crippen molar-refractivity contribution in [2.45, 2.75) is 0 Å². The molecule has 0 rings (SSSR count). The first-order valence-corrected chi connectivity index (χ1v) is 2.32. The lowest BCUT2D eigenvalue weighted by Gasteiger charge is -2.08. The zero-order chi connectivity index (χ0) is 6.57. The molecule has 0 spiro atoms. The molecule has 1 amide bonds. The molecule has 0 aromatic carbocycles.